The van der Waals surface area contributed by atoms with E-state index in [9.17, 15) is 4.79 Å². The number of benzene rings is 1. The number of hydrogen-bond acceptors (Lipinski definition) is 3. The van der Waals surface area contributed by atoms with Gasteiger partial charge < -0.3 is 10.6 Å². The van der Waals surface area contributed by atoms with Gasteiger partial charge in [-0.3, -0.25) is 4.79 Å². The fourth-order valence-electron chi connectivity index (χ4n) is 3.02. The lowest BCUT2D eigenvalue weighted by Gasteiger charge is -2.22. The molecule has 3 nitrogen and oxygen atoms in total. The number of nitrogens with one attached hydrogen (secondary N) is 2. The highest BCUT2D eigenvalue weighted by molar-refractivity contribution is 7.10. The summed E-state index contributed by atoms with van der Waals surface area (Å²) >= 11 is 1.78. The van der Waals surface area contributed by atoms with Gasteiger partial charge in [-0.2, -0.15) is 0 Å². The molecule has 5 heteroatoms. The van der Waals surface area contributed by atoms with Crippen molar-refractivity contribution < 1.29 is 4.79 Å². The molecule has 0 radical (unpaired) electrons. The minimum Gasteiger partial charge on any atom is -0.326 e. The molecule has 0 spiro atoms. The molecule has 0 aliphatic heterocycles. The van der Waals surface area contributed by atoms with Crippen molar-refractivity contribution >= 4 is 35.3 Å². The second kappa shape index (κ2) is 8.48. The zero-order chi connectivity index (χ0) is 15.4. The molecule has 1 aliphatic rings. The van der Waals surface area contributed by atoms with Crippen molar-refractivity contribution in [1.29, 1.82) is 0 Å². The van der Waals surface area contributed by atoms with Gasteiger partial charge in [0.1, 0.15) is 0 Å². The molecule has 0 bridgehead atoms. The van der Waals surface area contributed by atoms with Gasteiger partial charge >= 0.3 is 0 Å². The normalized spacial score (nSPS) is 16.3. The van der Waals surface area contributed by atoms with Gasteiger partial charge in [0.15, 0.2) is 0 Å². The summed E-state index contributed by atoms with van der Waals surface area (Å²) in [4.78, 5) is 14.0. The second-order valence-corrected chi connectivity index (χ2v) is 6.71. The van der Waals surface area contributed by atoms with E-state index < -0.39 is 0 Å². The summed E-state index contributed by atoms with van der Waals surface area (Å²) in [6.45, 7) is 3.87. The number of amides is 1. The zero-order valence-electron chi connectivity index (χ0n) is 13.3. The lowest BCUT2D eigenvalue weighted by Crippen LogP contribution is -2.24. The van der Waals surface area contributed by atoms with E-state index >= 15 is 0 Å². The molecule has 1 amide bonds. The molecule has 1 heterocycles. The SMILES string of the molecule is CCNCc1cccc(NC(=O)C2CCCc3sccc32)c1.Cl. The monoisotopic (exact) mass is 350 g/mol. The third-order valence-corrected chi connectivity index (χ3v) is 5.14. The van der Waals surface area contributed by atoms with E-state index in [2.05, 4.69) is 41.1 Å². The standard InChI is InChI=1S/C18H22N2OS.ClH/c1-2-19-12-13-5-3-6-14(11-13)20-18(21)16-7-4-8-17-15(16)9-10-22-17;/h3,5-6,9-11,16,19H,2,4,7-8,12H2,1H3,(H,20,21);1H. The fourth-order valence-corrected chi connectivity index (χ4v) is 4.00. The van der Waals surface area contributed by atoms with Crippen LogP contribution in [0, 0.1) is 0 Å². The van der Waals surface area contributed by atoms with Crippen molar-refractivity contribution in [1.82, 2.24) is 5.32 Å². The molecule has 124 valence electrons. The van der Waals surface area contributed by atoms with Crippen molar-refractivity contribution in [2.75, 3.05) is 11.9 Å². The van der Waals surface area contributed by atoms with Crippen LogP contribution in [0.1, 0.15) is 41.7 Å². The number of halogens is 1. The first kappa shape index (κ1) is 18.0. The van der Waals surface area contributed by atoms with E-state index in [1.165, 1.54) is 16.0 Å². The molecular weight excluding hydrogens is 328 g/mol. The number of fused-ring (bicyclic) bond motifs is 1. The van der Waals surface area contributed by atoms with Crippen LogP contribution in [0.2, 0.25) is 0 Å². The van der Waals surface area contributed by atoms with Gasteiger partial charge in [-0.1, -0.05) is 19.1 Å². The van der Waals surface area contributed by atoms with Gasteiger partial charge in [0, 0.05) is 17.1 Å². The molecule has 0 saturated carbocycles. The van der Waals surface area contributed by atoms with E-state index in [4.69, 9.17) is 0 Å². The molecule has 2 aromatic rings. The van der Waals surface area contributed by atoms with Gasteiger partial charge in [0.25, 0.3) is 0 Å². The van der Waals surface area contributed by atoms with Crippen molar-refractivity contribution in [2.24, 2.45) is 0 Å². The number of aryl methyl sites for hydroxylation is 1. The maximum absolute atomic E-state index is 12.6. The van der Waals surface area contributed by atoms with Gasteiger partial charge in [0.05, 0.1) is 5.92 Å². The maximum atomic E-state index is 12.6. The molecule has 0 saturated heterocycles. The van der Waals surface area contributed by atoms with Crippen LogP contribution in [-0.2, 0) is 17.8 Å². The molecule has 3 rings (SSSR count). The van der Waals surface area contributed by atoms with E-state index in [0.717, 1.165) is 38.0 Å². The molecule has 23 heavy (non-hydrogen) atoms. The lowest BCUT2D eigenvalue weighted by molar-refractivity contribution is -0.117. The van der Waals surface area contributed by atoms with Crippen LogP contribution in [-0.4, -0.2) is 12.5 Å². The minimum atomic E-state index is 0. The van der Waals surface area contributed by atoms with Crippen LogP contribution in [0.3, 0.4) is 0 Å². The first-order chi connectivity index (χ1) is 10.8. The smallest absolute Gasteiger partial charge is 0.231 e. The first-order valence-electron chi connectivity index (χ1n) is 7.94. The minimum absolute atomic E-state index is 0. The Bertz CT molecular complexity index is 656. The molecule has 2 N–H and O–H groups in total. The number of carbonyl (C=O) groups is 1. The predicted octanol–water partition coefficient (Wildman–Crippen LogP) is 4.34. The summed E-state index contributed by atoms with van der Waals surface area (Å²) in [7, 11) is 0. The van der Waals surface area contributed by atoms with Crippen LogP contribution in [0.15, 0.2) is 35.7 Å². The zero-order valence-corrected chi connectivity index (χ0v) is 14.9. The fraction of sp³-hybridized carbons (Fsp3) is 0.389. The van der Waals surface area contributed by atoms with Gasteiger partial charge in [-0.25, -0.2) is 0 Å². The van der Waals surface area contributed by atoms with Gasteiger partial charge in [0.2, 0.25) is 5.91 Å². The van der Waals surface area contributed by atoms with E-state index in [-0.39, 0.29) is 24.2 Å². The highest BCUT2D eigenvalue weighted by atomic mass is 35.5. The summed E-state index contributed by atoms with van der Waals surface area (Å²) in [6.07, 6.45) is 3.17. The number of carbonyl (C=O) groups excluding carboxylic acids is 1. The Morgan fingerprint density at radius 2 is 2.22 bits per heavy atom. The molecule has 1 aromatic heterocycles. The van der Waals surface area contributed by atoms with Crippen LogP contribution < -0.4 is 10.6 Å². The highest BCUT2D eigenvalue weighted by Crippen LogP contribution is 2.35. The average molecular weight is 351 g/mol. The van der Waals surface area contributed by atoms with Crippen molar-refractivity contribution in [3.63, 3.8) is 0 Å². The Morgan fingerprint density at radius 1 is 1.35 bits per heavy atom. The Labute approximate surface area is 147 Å². The Hall–Kier alpha value is -1.36. The number of anilines is 1. The summed E-state index contributed by atoms with van der Waals surface area (Å²) in [5, 5.41) is 8.51. The summed E-state index contributed by atoms with van der Waals surface area (Å²) < 4.78 is 0. The topological polar surface area (TPSA) is 41.1 Å². The Kier molecular flexibility index (Phi) is 6.63. The Morgan fingerprint density at radius 3 is 3.04 bits per heavy atom. The molecule has 1 unspecified atom stereocenters. The van der Waals surface area contributed by atoms with E-state index in [1.54, 1.807) is 11.3 Å². The summed E-state index contributed by atoms with van der Waals surface area (Å²) in [5.74, 6) is 0.132. The second-order valence-electron chi connectivity index (χ2n) is 5.71. The van der Waals surface area contributed by atoms with E-state index in [1.807, 2.05) is 12.1 Å². The van der Waals surface area contributed by atoms with Crippen LogP contribution in [0.5, 0.6) is 0 Å². The van der Waals surface area contributed by atoms with E-state index in [0.29, 0.717) is 0 Å². The lowest BCUT2D eigenvalue weighted by atomic mass is 9.87. The molecular formula is C18H23ClN2OS. The number of rotatable bonds is 5. The summed E-state index contributed by atoms with van der Waals surface area (Å²) in [6, 6.07) is 10.2. The molecule has 1 aliphatic carbocycles. The third-order valence-electron chi connectivity index (χ3n) is 4.14. The highest BCUT2D eigenvalue weighted by Gasteiger charge is 2.27. The molecule has 1 atom stereocenters. The van der Waals surface area contributed by atoms with Crippen LogP contribution in [0.25, 0.3) is 0 Å². The van der Waals surface area contributed by atoms with Gasteiger partial charge in [-0.15, -0.1) is 23.7 Å². The number of hydrogen-bond donors (Lipinski definition) is 2. The third kappa shape index (κ3) is 4.34. The molecule has 1 aromatic carbocycles. The largest absolute Gasteiger partial charge is 0.326 e. The predicted molar refractivity (Wildman–Crippen MR) is 99.7 cm³/mol. The summed E-state index contributed by atoms with van der Waals surface area (Å²) in [5.41, 5.74) is 3.32. The van der Waals surface area contributed by atoms with Crippen LogP contribution >= 0.6 is 23.7 Å². The average Bonchev–Trinajstić information content (AvgIpc) is 3.01. The van der Waals surface area contributed by atoms with Crippen molar-refractivity contribution in [3.8, 4) is 0 Å². The Balaban J connectivity index is 0.00000192. The van der Waals surface area contributed by atoms with Crippen LogP contribution in [0.4, 0.5) is 5.69 Å². The van der Waals surface area contributed by atoms with Crippen molar-refractivity contribution in [3.05, 3.63) is 51.7 Å². The molecule has 0 fully saturated rings. The number of thiophene rings is 1. The van der Waals surface area contributed by atoms with Crippen molar-refractivity contribution in [2.45, 2.75) is 38.6 Å². The van der Waals surface area contributed by atoms with Gasteiger partial charge in [-0.05, 0) is 60.5 Å². The maximum Gasteiger partial charge on any atom is 0.231 e. The quantitative estimate of drug-likeness (QED) is 0.842. The first-order valence-corrected chi connectivity index (χ1v) is 8.82.